The lowest BCUT2D eigenvalue weighted by atomic mass is 10.0. The van der Waals surface area contributed by atoms with Crippen LogP contribution in [0.15, 0.2) is 41.2 Å². The number of rotatable bonds is 2. The molecule has 0 radical (unpaired) electrons. The van der Waals surface area contributed by atoms with Crippen LogP contribution in [0.1, 0.15) is 21.5 Å². The van der Waals surface area contributed by atoms with E-state index in [4.69, 9.17) is 11.6 Å². The highest BCUT2D eigenvalue weighted by atomic mass is 79.9. The van der Waals surface area contributed by atoms with E-state index in [-0.39, 0.29) is 10.5 Å². The molecule has 0 aliphatic heterocycles. The van der Waals surface area contributed by atoms with Crippen LogP contribution in [0.4, 0.5) is 0 Å². The number of H-pyrrole nitrogens is 2. The molecule has 0 saturated carbocycles. The van der Waals surface area contributed by atoms with Crippen LogP contribution >= 0.6 is 27.5 Å². The summed E-state index contributed by atoms with van der Waals surface area (Å²) in [5.74, 6) is 0. The molecule has 0 saturated heterocycles. The summed E-state index contributed by atoms with van der Waals surface area (Å²) in [4.78, 5) is 16.8. The van der Waals surface area contributed by atoms with E-state index in [0.717, 1.165) is 32.7 Å². The van der Waals surface area contributed by atoms with Crippen molar-refractivity contribution in [2.45, 2.75) is 11.8 Å². The van der Waals surface area contributed by atoms with Crippen molar-refractivity contribution in [1.29, 1.82) is 0 Å². The first-order valence-electron chi connectivity index (χ1n) is 6.16. The minimum atomic E-state index is -0.198. The number of aromatic amines is 2. The summed E-state index contributed by atoms with van der Waals surface area (Å²) in [5.41, 5.74) is 4.57. The molecular weight excluding hydrogens is 340 g/mol. The Morgan fingerprint density at radius 1 is 1.10 bits per heavy atom. The van der Waals surface area contributed by atoms with E-state index in [1.807, 2.05) is 43.3 Å². The first-order chi connectivity index (χ1) is 9.54. The lowest BCUT2D eigenvalue weighted by molar-refractivity contribution is 1.17. The summed E-state index contributed by atoms with van der Waals surface area (Å²) in [6.45, 7) is 2.01. The minimum Gasteiger partial charge on any atom is -0.306 e. The van der Waals surface area contributed by atoms with Gasteiger partial charge < -0.3 is 9.97 Å². The predicted octanol–water partition coefficient (Wildman–Crippen LogP) is 4.30. The summed E-state index contributed by atoms with van der Waals surface area (Å²) in [7, 11) is 0. The second-order valence-corrected chi connectivity index (χ2v) is 6.09. The van der Waals surface area contributed by atoms with Crippen LogP contribution in [0.25, 0.3) is 11.0 Å². The van der Waals surface area contributed by atoms with Crippen molar-refractivity contribution < 1.29 is 0 Å². The molecule has 3 rings (SSSR count). The molecule has 1 atom stereocenters. The predicted molar refractivity (Wildman–Crippen MR) is 85.9 cm³/mol. The average molecular weight is 352 g/mol. The Labute approximate surface area is 129 Å². The van der Waals surface area contributed by atoms with Gasteiger partial charge in [-0.1, -0.05) is 45.7 Å². The van der Waals surface area contributed by atoms with Crippen LogP contribution in [0.3, 0.4) is 0 Å². The van der Waals surface area contributed by atoms with E-state index in [1.54, 1.807) is 0 Å². The van der Waals surface area contributed by atoms with Crippen molar-refractivity contribution in [2.75, 3.05) is 0 Å². The fourth-order valence-electron chi connectivity index (χ4n) is 2.23. The number of alkyl halides is 1. The van der Waals surface area contributed by atoms with Crippen LogP contribution in [-0.2, 0) is 0 Å². The van der Waals surface area contributed by atoms with Gasteiger partial charge in [0.25, 0.3) is 0 Å². The van der Waals surface area contributed by atoms with Gasteiger partial charge >= 0.3 is 5.69 Å². The zero-order valence-corrected chi connectivity index (χ0v) is 13.0. The number of nitrogens with one attached hydrogen (secondary N) is 2. The summed E-state index contributed by atoms with van der Waals surface area (Å²) >= 11 is 9.98. The topological polar surface area (TPSA) is 48.6 Å². The average Bonchev–Trinajstić information content (AvgIpc) is 2.77. The number of fused-ring (bicyclic) bond motifs is 1. The molecule has 0 fully saturated rings. The molecule has 3 nitrogen and oxygen atoms in total. The van der Waals surface area contributed by atoms with Crippen LogP contribution in [0.2, 0.25) is 5.02 Å². The molecular formula is C15H12BrClN2O. The van der Waals surface area contributed by atoms with Gasteiger partial charge in [-0.15, -0.1) is 0 Å². The van der Waals surface area contributed by atoms with Crippen LogP contribution in [0.5, 0.6) is 0 Å². The van der Waals surface area contributed by atoms with Gasteiger partial charge in [0.2, 0.25) is 0 Å². The van der Waals surface area contributed by atoms with Gasteiger partial charge in [0.15, 0.2) is 0 Å². The molecule has 1 unspecified atom stereocenters. The molecule has 0 amide bonds. The normalized spacial score (nSPS) is 12.8. The molecule has 0 spiro atoms. The van der Waals surface area contributed by atoms with E-state index in [1.165, 1.54) is 0 Å². The summed E-state index contributed by atoms with van der Waals surface area (Å²) < 4.78 is 0. The molecule has 5 heteroatoms. The maximum Gasteiger partial charge on any atom is 0.323 e. The van der Waals surface area contributed by atoms with Crippen LogP contribution in [-0.4, -0.2) is 9.97 Å². The second-order valence-electron chi connectivity index (χ2n) is 4.77. The molecule has 2 aromatic carbocycles. The van der Waals surface area contributed by atoms with E-state index >= 15 is 0 Å². The highest BCUT2D eigenvalue weighted by molar-refractivity contribution is 9.09. The molecule has 1 aromatic heterocycles. The molecule has 1 heterocycles. The molecule has 3 aromatic rings. The van der Waals surface area contributed by atoms with Crippen LogP contribution < -0.4 is 5.69 Å². The molecule has 102 valence electrons. The van der Waals surface area contributed by atoms with Gasteiger partial charge in [0.1, 0.15) is 0 Å². The monoisotopic (exact) mass is 350 g/mol. The largest absolute Gasteiger partial charge is 0.323 e. The summed E-state index contributed by atoms with van der Waals surface area (Å²) in [6, 6.07) is 11.8. The highest BCUT2D eigenvalue weighted by Crippen LogP contribution is 2.36. The third-order valence-corrected chi connectivity index (χ3v) is 4.61. The van der Waals surface area contributed by atoms with Gasteiger partial charge in [-0.05, 0) is 41.8 Å². The Morgan fingerprint density at radius 2 is 1.85 bits per heavy atom. The lowest BCUT2D eigenvalue weighted by Crippen LogP contribution is -1.99. The van der Waals surface area contributed by atoms with Gasteiger partial charge in [-0.3, -0.25) is 0 Å². The van der Waals surface area contributed by atoms with Gasteiger partial charge in [-0.2, -0.15) is 0 Å². The van der Waals surface area contributed by atoms with Gasteiger partial charge in [-0.25, -0.2) is 4.79 Å². The summed E-state index contributed by atoms with van der Waals surface area (Å²) in [5, 5.41) is 0.731. The smallest absolute Gasteiger partial charge is 0.306 e. The Balaban J connectivity index is 2.06. The number of imidazole rings is 1. The maximum atomic E-state index is 11.3. The molecule has 20 heavy (non-hydrogen) atoms. The van der Waals surface area contributed by atoms with Crippen molar-refractivity contribution in [3.05, 3.63) is 68.6 Å². The number of halogens is 2. The maximum absolute atomic E-state index is 11.3. The SMILES string of the molecule is Cc1ccc(C(Br)c2ccc3[nH]c(=O)[nH]c3c2)c(Cl)c1. The van der Waals surface area contributed by atoms with E-state index in [2.05, 4.69) is 25.9 Å². The van der Waals surface area contributed by atoms with Crippen molar-refractivity contribution >= 4 is 38.6 Å². The Bertz CT molecular complexity index is 837. The molecule has 0 bridgehead atoms. The number of aromatic nitrogens is 2. The zero-order valence-electron chi connectivity index (χ0n) is 10.7. The number of benzene rings is 2. The van der Waals surface area contributed by atoms with E-state index in [9.17, 15) is 4.79 Å². The Kier molecular flexibility index (Phi) is 3.44. The highest BCUT2D eigenvalue weighted by Gasteiger charge is 2.14. The minimum absolute atomic E-state index is 0.0154. The molecule has 0 aliphatic carbocycles. The standard InChI is InChI=1S/C15H12BrClN2O/c1-8-2-4-10(11(17)6-8)14(16)9-3-5-12-13(7-9)19-15(20)18-12/h2-7,14H,1H3,(H2,18,19,20). The fourth-order valence-corrected chi connectivity index (χ4v) is 3.39. The Morgan fingerprint density at radius 3 is 2.60 bits per heavy atom. The summed E-state index contributed by atoms with van der Waals surface area (Å²) in [6.07, 6.45) is 0. The van der Waals surface area contributed by atoms with Crippen molar-refractivity contribution in [3.8, 4) is 0 Å². The van der Waals surface area contributed by atoms with E-state index < -0.39 is 0 Å². The lowest BCUT2D eigenvalue weighted by Gasteiger charge is -2.13. The number of hydrogen-bond acceptors (Lipinski definition) is 1. The molecule has 2 N–H and O–H groups in total. The van der Waals surface area contributed by atoms with Crippen molar-refractivity contribution in [1.82, 2.24) is 9.97 Å². The third-order valence-electron chi connectivity index (χ3n) is 3.26. The van der Waals surface area contributed by atoms with Crippen molar-refractivity contribution in [2.24, 2.45) is 0 Å². The first kappa shape index (κ1) is 13.5. The number of hydrogen-bond donors (Lipinski definition) is 2. The number of aryl methyl sites for hydroxylation is 1. The van der Waals surface area contributed by atoms with Crippen molar-refractivity contribution in [3.63, 3.8) is 0 Å². The van der Waals surface area contributed by atoms with Gasteiger partial charge in [0, 0.05) is 5.02 Å². The Hall–Kier alpha value is -1.52. The second kappa shape index (κ2) is 5.11. The third kappa shape index (κ3) is 2.41. The first-order valence-corrected chi connectivity index (χ1v) is 7.46. The fraction of sp³-hybridized carbons (Fsp3) is 0.133. The van der Waals surface area contributed by atoms with Gasteiger partial charge in [0.05, 0.1) is 15.9 Å². The zero-order chi connectivity index (χ0) is 14.3. The quantitative estimate of drug-likeness (QED) is 0.664. The van der Waals surface area contributed by atoms with E-state index in [0.29, 0.717) is 0 Å². The van der Waals surface area contributed by atoms with Crippen LogP contribution in [0, 0.1) is 6.92 Å². The molecule has 0 aliphatic rings.